The van der Waals surface area contributed by atoms with Crippen LogP contribution in [-0.2, 0) is 9.47 Å². The lowest BCUT2D eigenvalue weighted by Crippen LogP contribution is -2.39. The van der Waals surface area contributed by atoms with Crippen molar-refractivity contribution in [3.63, 3.8) is 0 Å². The zero-order chi connectivity index (χ0) is 15.4. The molecule has 9 heteroatoms. The van der Waals surface area contributed by atoms with Gasteiger partial charge in [0.05, 0.1) is 6.61 Å². The Labute approximate surface area is 119 Å². The molecular weight excluding hydrogens is 282 g/mol. The Kier molecular flexibility index (Phi) is 4.87. The first kappa shape index (κ1) is 15.4. The number of hydrogen-bond acceptors (Lipinski definition) is 6. The van der Waals surface area contributed by atoms with Crippen LogP contribution in [0.2, 0.25) is 0 Å². The summed E-state index contributed by atoms with van der Waals surface area (Å²) in [6.07, 6.45) is -2.78. The van der Waals surface area contributed by atoms with Crippen molar-refractivity contribution in [3.05, 3.63) is 44.5 Å². The first-order valence-corrected chi connectivity index (χ1v) is 6.29. The summed E-state index contributed by atoms with van der Waals surface area (Å²) in [4.78, 5) is 27.9. The quantitative estimate of drug-likeness (QED) is 0.431. The molecule has 1 aliphatic rings. The number of rotatable bonds is 5. The Hall–Kier alpha value is -1.99. The molecule has 2 heterocycles. The molecule has 0 amide bonds. The van der Waals surface area contributed by atoms with Crippen molar-refractivity contribution in [2.45, 2.75) is 24.5 Å². The molecule has 3 N–H and O–H groups in total. The fourth-order valence-electron chi connectivity index (χ4n) is 2.16. The van der Waals surface area contributed by atoms with Crippen LogP contribution in [0.1, 0.15) is 6.23 Å². The van der Waals surface area contributed by atoms with E-state index < -0.39 is 42.4 Å². The van der Waals surface area contributed by atoms with Gasteiger partial charge >= 0.3 is 5.69 Å². The van der Waals surface area contributed by atoms with Gasteiger partial charge in [0.25, 0.3) is 5.56 Å². The van der Waals surface area contributed by atoms with Crippen LogP contribution in [0, 0.1) is 6.57 Å². The first-order chi connectivity index (χ1) is 10.1. The van der Waals surface area contributed by atoms with Gasteiger partial charge in [-0.15, -0.1) is 0 Å². The van der Waals surface area contributed by atoms with Crippen molar-refractivity contribution in [1.29, 1.82) is 0 Å². The van der Waals surface area contributed by atoms with Gasteiger partial charge < -0.3 is 24.5 Å². The second-order valence-corrected chi connectivity index (χ2v) is 4.47. The summed E-state index contributed by atoms with van der Waals surface area (Å²) in [5, 5.41) is 19.5. The Morgan fingerprint density at radius 3 is 2.90 bits per heavy atom. The van der Waals surface area contributed by atoms with E-state index in [1.807, 2.05) is 0 Å². The lowest BCUT2D eigenvalue weighted by molar-refractivity contribution is -0.0607. The molecule has 0 bridgehead atoms. The molecule has 1 aromatic heterocycles. The lowest BCUT2D eigenvalue weighted by atomic mass is 10.1. The fraction of sp³-hybridized carbons (Fsp3) is 0.583. The highest BCUT2D eigenvalue weighted by Gasteiger charge is 2.45. The number of ether oxygens (including phenoxy) is 2. The van der Waals surface area contributed by atoms with Crippen LogP contribution in [-0.4, -0.2) is 57.8 Å². The molecule has 0 aliphatic carbocycles. The van der Waals surface area contributed by atoms with Crippen LogP contribution in [0.3, 0.4) is 0 Å². The molecule has 21 heavy (non-hydrogen) atoms. The summed E-state index contributed by atoms with van der Waals surface area (Å²) < 4.78 is 11.8. The summed E-state index contributed by atoms with van der Waals surface area (Å²) in [5.74, 6) is 0. The zero-order valence-electron chi connectivity index (χ0n) is 11.0. The molecule has 114 valence electrons. The van der Waals surface area contributed by atoms with E-state index in [0.29, 0.717) is 0 Å². The Bertz CT molecular complexity index is 633. The van der Waals surface area contributed by atoms with Crippen LogP contribution in [0.25, 0.3) is 4.85 Å². The molecule has 1 aromatic rings. The predicted octanol–water partition coefficient (Wildman–Crippen LogP) is -1.91. The topological polar surface area (TPSA) is 118 Å². The van der Waals surface area contributed by atoms with Crippen molar-refractivity contribution >= 4 is 0 Å². The van der Waals surface area contributed by atoms with Crippen molar-refractivity contribution in [1.82, 2.24) is 9.55 Å². The number of aromatic amines is 1. The zero-order valence-corrected chi connectivity index (χ0v) is 11.0. The monoisotopic (exact) mass is 297 g/mol. The van der Waals surface area contributed by atoms with E-state index in [2.05, 4.69) is 9.83 Å². The second kappa shape index (κ2) is 6.64. The number of aliphatic hydroxyl groups excluding tert-OH is 2. The van der Waals surface area contributed by atoms with Gasteiger partial charge in [0, 0.05) is 12.3 Å². The summed E-state index contributed by atoms with van der Waals surface area (Å²) in [6, 6.07) is 1.12. The van der Waals surface area contributed by atoms with E-state index in [0.717, 1.165) is 10.6 Å². The minimum atomic E-state index is -1.21. The molecule has 0 radical (unpaired) electrons. The highest BCUT2D eigenvalue weighted by molar-refractivity contribution is 4.94. The molecule has 1 fully saturated rings. The maximum atomic E-state index is 11.7. The molecule has 1 aliphatic heterocycles. The van der Waals surface area contributed by atoms with Gasteiger partial charge in [-0.05, 0) is 0 Å². The second-order valence-electron chi connectivity index (χ2n) is 4.47. The highest BCUT2D eigenvalue weighted by Crippen LogP contribution is 2.30. The SMILES string of the molecule is [C-]#[N+]CCOC1[C@@H](CO)O[C@@H](n2ccc(=O)[nH]c2=O)[C@H]1O. The number of nitrogens with one attached hydrogen (secondary N) is 1. The third kappa shape index (κ3) is 3.20. The van der Waals surface area contributed by atoms with Gasteiger partial charge in [-0.2, -0.15) is 0 Å². The normalized spacial score (nSPS) is 28.4. The van der Waals surface area contributed by atoms with E-state index in [1.54, 1.807) is 0 Å². The average molecular weight is 297 g/mol. The van der Waals surface area contributed by atoms with Crippen molar-refractivity contribution in [3.8, 4) is 0 Å². The van der Waals surface area contributed by atoms with Gasteiger partial charge in [0.2, 0.25) is 6.54 Å². The Balaban J connectivity index is 2.20. The maximum absolute atomic E-state index is 11.7. The van der Waals surface area contributed by atoms with Crippen LogP contribution in [0.5, 0.6) is 0 Å². The molecule has 0 spiro atoms. The molecule has 4 atom stereocenters. The Morgan fingerprint density at radius 2 is 2.29 bits per heavy atom. The molecular formula is C12H15N3O6. The molecule has 1 saturated heterocycles. The van der Waals surface area contributed by atoms with Gasteiger partial charge in [-0.25, -0.2) is 11.4 Å². The minimum absolute atomic E-state index is 0.0817. The van der Waals surface area contributed by atoms with Crippen LogP contribution < -0.4 is 11.2 Å². The number of aromatic nitrogens is 2. The van der Waals surface area contributed by atoms with E-state index >= 15 is 0 Å². The largest absolute Gasteiger partial charge is 0.394 e. The molecule has 0 aromatic carbocycles. The van der Waals surface area contributed by atoms with Gasteiger partial charge in [0.15, 0.2) is 6.23 Å². The van der Waals surface area contributed by atoms with Crippen LogP contribution in [0.15, 0.2) is 21.9 Å². The van der Waals surface area contributed by atoms with Crippen molar-refractivity contribution in [2.24, 2.45) is 0 Å². The smallest absolute Gasteiger partial charge is 0.330 e. The van der Waals surface area contributed by atoms with Crippen molar-refractivity contribution in [2.75, 3.05) is 19.8 Å². The highest BCUT2D eigenvalue weighted by atomic mass is 16.6. The first-order valence-electron chi connectivity index (χ1n) is 6.29. The molecule has 0 saturated carbocycles. The minimum Gasteiger partial charge on any atom is -0.394 e. The van der Waals surface area contributed by atoms with E-state index in [-0.39, 0.29) is 13.2 Å². The summed E-state index contributed by atoms with van der Waals surface area (Å²) in [7, 11) is 0. The van der Waals surface area contributed by atoms with Gasteiger partial charge in [0.1, 0.15) is 24.9 Å². The average Bonchev–Trinajstić information content (AvgIpc) is 2.76. The summed E-state index contributed by atoms with van der Waals surface area (Å²) in [6.45, 7) is 6.46. The number of H-pyrrole nitrogens is 1. The fourth-order valence-corrected chi connectivity index (χ4v) is 2.16. The third-order valence-corrected chi connectivity index (χ3v) is 3.13. The molecule has 2 rings (SSSR count). The molecule has 1 unspecified atom stereocenters. The maximum Gasteiger partial charge on any atom is 0.330 e. The van der Waals surface area contributed by atoms with Gasteiger partial charge in [-0.3, -0.25) is 14.3 Å². The number of aliphatic hydroxyl groups is 2. The van der Waals surface area contributed by atoms with Crippen LogP contribution >= 0.6 is 0 Å². The predicted molar refractivity (Wildman–Crippen MR) is 69.5 cm³/mol. The van der Waals surface area contributed by atoms with E-state index in [9.17, 15) is 19.8 Å². The van der Waals surface area contributed by atoms with Crippen LogP contribution in [0.4, 0.5) is 0 Å². The van der Waals surface area contributed by atoms with E-state index in [4.69, 9.17) is 16.0 Å². The number of hydrogen-bond donors (Lipinski definition) is 3. The standard InChI is InChI=1S/C12H15N3O6/c1-13-3-5-20-10-7(6-16)21-11(9(10)18)15-4-2-8(17)14-12(15)19/h2,4,7,9-11,16,18H,3,5-6H2,(H,14,17,19)/t7-,9+,10?,11-/m1/s1. The lowest BCUT2D eigenvalue weighted by Gasteiger charge is -2.19. The molecule has 9 nitrogen and oxygen atoms in total. The third-order valence-electron chi connectivity index (χ3n) is 3.13. The summed E-state index contributed by atoms with van der Waals surface area (Å²) in [5.41, 5.74) is -1.29. The van der Waals surface area contributed by atoms with Crippen molar-refractivity contribution < 1.29 is 19.7 Å². The Morgan fingerprint density at radius 1 is 1.52 bits per heavy atom. The number of nitrogens with zero attached hydrogens (tertiary/aromatic N) is 2. The summed E-state index contributed by atoms with van der Waals surface area (Å²) >= 11 is 0. The van der Waals surface area contributed by atoms with E-state index in [1.165, 1.54) is 6.20 Å². The van der Waals surface area contributed by atoms with Gasteiger partial charge in [-0.1, -0.05) is 0 Å².